The van der Waals surface area contributed by atoms with E-state index < -0.39 is 0 Å². The lowest BCUT2D eigenvalue weighted by Crippen LogP contribution is -2.04. The Morgan fingerprint density at radius 1 is 1.38 bits per heavy atom. The summed E-state index contributed by atoms with van der Waals surface area (Å²) in [5.41, 5.74) is 0.931. The fraction of sp³-hybridized carbons (Fsp3) is 0.273. The van der Waals surface area contributed by atoms with Crippen LogP contribution in [0.2, 0.25) is 0 Å². The zero-order valence-electron chi connectivity index (χ0n) is 7.92. The van der Waals surface area contributed by atoms with E-state index in [0.717, 1.165) is 11.3 Å². The van der Waals surface area contributed by atoms with Crippen molar-refractivity contribution < 1.29 is 4.74 Å². The van der Waals surface area contributed by atoms with Gasteiger partial charge in [0.25, 0.3) is 0 Å². The van der Waals surface area contributed by atoms with Crippen molar-refractivity contribution in [2.75, 3.05) is 20.7 Å². The van der Waals surface area contributed by atoms with E-state index >= 15 is 0 Å². The quantitative estimate of drug-likeness (QED) is 0.683. The molecule has 0 bridgehead atoms. The maximum Gasteiger partial charge on any atom is 0.134 e. The summed E-state index contributed by atoms with van der Waals surface area (Å²) in [6, 6.07) is 7.73. The van der Waals surface area contributed by atoms with Gasteiger partial charge in [0, 0.05) is 0 Å². The Morgan fingerprint density at radius 3 is 2.85 bits per heavy atom. The second-order valence-corrected chi connectivity index (χ2v) is 2.53. The highest BCUT2D eigenvalue weighted by Gasteiger charge is 1.95. The summed E-state index contributed by atoms with van der Waals surface area (Å²) < 4.78 is 5.15. The van der Waals surface area contributed by atoms with Crippen LogP contribution in [0.4, 0.5) is 0 Å². The van der Waals surface area contributed by atoms with Crippen molar-refractivity contribution in [2.24, 2.45) is 0 Å². The molecular weight excluding hydrogens is 162 g/mol. The zero-order chi connectivity index (χ0) is 9.52. The summed E-state index contributed by atoms with van der Waals surface area (Å²) in [7, 11) is 3.52. The molecule has 68 valence electrons. The molecule has 0 unspecified atom stereocenters. The maximum atomic E-state index is 5.15. The second-order valence-electron chi connectivity index (χ2n) is 2.53. The van der Waals surface area contributed by atoms with Gasteiger partial charge in [0.15, 0.2) is 0 Å². The molecule has 1 rings (SSSR count). The predicted molar refractivity (Wildman–Crippen MR) is 53.8 cm³/mol. The number of rotatable bonds is 2. The molecule has 0 amide bonds. The molecule has 1 aromatic carbocycles. The summed E-state index contributed by atoms with van der Waals surface area (Å²) in [4.78, 5) is 0. The van der Waals surface area contributed by atoms with Crippen molar-refractivity contribution in [3.05, 3.63) is 29.8 Å². The van der Waals surface area contributed by atoms with E-state index in [1.54, 1.807) is 7.11 Å². The van der Waals surface area contributed by atoms with Crippen LogP contribution in [0.1, 0.15) is 5.56 Å². The third-order valence-corrected chi connectivity index (χ3v) is 1.60. The number of ether oxygens (including phenoxy) is 1. The minimum absolute atomic E-state index is 0.693. The molecule has 2 nitrogen and oxygen atoms in total. The molecule has 0 heterocycles. The Hall–Kier alpha value is -1.46. The highest BCUT2D eigenvalue weighted by molar-refractivity contribution is 5.45. The van der Waals surface area contributed by atoms with Crippen LogP contribution >= 0.6 is 0 Å². The lowest BCUT2D eigenvalue weighted by atomic mass is 10.2. The van der Waals surface area contributed by atoms with E-state index in [1.165, 1.54) is 0 Å². The largest absolute Gasteiger partial charge is 0.495 e. The Kier molecular flexibility index (Phi) is 3.87. The van der Waals surface area contributed by atoms with Crippen LogP contribution in [0.15, 0.2) is 24.3 Å². The minimum atomic E-state index is 0.693. The van der Waals surface area contributed by atoms with E-state index in [9.17, 15) is 0 Å². The van der Waals surface area contributed by atoms with Gasteiger partial charge in [-0.1, -0.05) is 24.0 Å². The minimum Gasteiger partial charge on any atom is -0.495 e. The molecular formula is C11H13NO. The number of para-hydroxylation sites is 1. The van der Waals surface area contributed by atoms with Crippen molar-refractivity contribution in [3.63, 3.8) is 0 Å². The predicted octanol–water partition coefficient (Wildman–Crippen LogP) is 1.27. The molecule has 0 aliphatic heterocycles. The smallest absolute Gasteiger partial charge is 0.134 e. The number of nitrogens with one attached hydrogen (secondary N) is 1. The summed E-state index contributed by atoms with van der Waals surface area (Å²) in [6.07, 6.45) is 0. The van der Waals surface area contributed by atoms with Crippen LogP contribution in [0.3, 0.4) is 0 Å². The first-order chi connectivity index (χ1) is 6.38. The average molecular weight is 175 g/mol. The van der Waals surface area contributed by atoms with Crippen molar-refractivity contribution in [2.45, 2.75) is 0 Å². The van der Waals surface area contributed by atoms with E-state index in [2.05, 4.69) is 17.2 Å². The van der Waals surface area contributed by atoms with Crippen LogP contribution in [0, 0.1) is 11.8 Å². The first-order valence-corrected chi connectivity index (χ1v) is 4.15. The van der Waals surface area contributed by atoms with Crippen LogP contribution in [0.5, 0.6) is 5.75 Å². The van der Waals surface area contributed by atoms with Crippen molar-refractivity contribution in [1.29, 1.82) is 0 Å². The lowest BCUT2D eigenvalue weighted by Gasteiger charge is -2.00. The molecule has 0 fully saturated rings. The SMILES string of the molecule is CNCC#Cc1ccccc1OC. The lowest BCUT2D eigenvalue weighted by molar-refractivity contribution is 0.413. The fourth-order valence-corrected chi connectivity index (χ4v) is 0.976. The second kappa shape index (κ2) is 5.23. The van der Waals surface area contributed by atoms with Crippen molar-refractivity contribution in [1.82, 2.24) is 5.32 Å². The number of benzene rings is 1. The third-order valence-electron chi connectivity index (χ3n) is 1.60. The van der Waals surface area contributed by atoms with Gasteiger partial charge in [0.05, 0.1) is 19.2 Å². The van der Waals surface area contributed by atoms with Gasteiger partial charge in [-0.05, 0) is 19.2 Å². The van der Waals surface area contributed by atoms with E-state index in [4.69, 9.17) is 4.74 Å². The highest BCUT2D eigenvalue weighted by Crippen LogP contribution is 2.15. The summed E-state index contributed by atoms with van der Waals surface area (Å²) >= 11 is 0. The first-order valence-electron chi connectivity index (χ1n) is 4.15. The van der Waals surface area contributed by atoms with Crippen LogP contribution < -0.4 is 10.1 Å². The normalized spacial score (nSPS) is 8.77. The Morgan fingerprint density at radius 2 is 2.15 bits per heavy atom. The van der Waals surface area contributed by atoms with Gasteiger partial charge in [-0.2, -0.15) is 0 Å². The van der Waals surface area contributed by atoms with E-state index in [1.807, 2.05) is 31.3 Å². The topological polar surface area (TPSA) is 21.3 Å². The molecule has 0 radical (unpaired) electrons. The first kappa shape index (κ1) is 9.63. The van der Waals surface area contributed by atoms with Gasteiger partial charge >= 0.3 is 0 Å². The molecule has 1 aromatic rings. The molecule has 0 aliphatic carbocycles. The van der Waals surface area contributed by atoms with E-state index in [0.29, 0.717) is 6.54 Å². The van der Waals surface area contributed by atoms with Crippen molar-refractivity contribution >= 4 is 0 Å². The standard InChI is InChI=1S/C11H13NO/c1-12-9-5-7-10-6-3-4-8-11(10)13-2/h3-4,6,8,12H,9H2,1-2H3. The van der Waals surface area contributed by atoms with E-state index in [-0.39, 0.29) is 0 Å². The van der Waals surface area contributed by atoms with Gasteiger partial charge in [0.2, 0.25) is 0 Å². The van der Waals surface area contributed by atoms with Crippen LogP contribution in [-0.4, -0.2) is 20.7 Å². The monoisotopic (exact) mass is 175 g/mol. The summed E-state index contributed by atoms with van der Waals surface area (Å²) in [6.45, 7) is 0.693. The number of hydrogen-bond acceptors (Lipinski definition) is 2. The summed E-state index contributed by atoms with van der Waals surface area (Å²) in [5, 5.41) is 2.96. The molecule has 13 heavy (non-hydrogen) atoms. The molecule has 0 atom stereocenters. The van der Waals surface area contributed by atoms with Crippen LogP contribution in [-0.2, 0) is 0 Å². The van der Waals surface area contributed by atoms with Gasteiger partial charge in [0.1, 0.15) is 5.75 Å². The van der Waals surface area contributed by atoms with Gasteiger partial charge < -0.3 is 10.1 Å². The fourth-order valence-electron chi connectivity index (χ4n) is 0.976. The molecule has 1 N–H and O–H groups in total. The zero-order valence-corrected chi connectivity index (χ0v) is 7.92. The number of hydrogen-bond donors (Lipinski definition) is 1. The van der Waals surface area contributed by atoms with Gasteiger partial charge in [-0.3, -0.25) is 0 Å². The maximum absolute atomic E-state index is 5.15. The van der Waals surface area contributed by atoms with Crippen molar-refractivity contribution in [3.8, 4) is 17.6 Å². The Balaban J connectivity index is 2.82. The molecule has 0 aliphatic rings. The van der Waals surface area contributed by atoms with Crippen LogP contribution in [0.25, 0.3) is 0 Å². The molecule has 0 aromatic heterocycles. The summed E-state index contributed by atoms with van der Waals surface area (Å²) in [5.74, 6) is 6.84. The molecule has 0 saturated carbocycles. The molecule has 2 heteroatoms. The Bertz CT molecular complexity index is 322. The van der Waals surface area contributed by atoms with Gasteiger partial charge in [-0.25, -0.2) is 0 Å². The Labute approximate surface area is 78.9 Å². The highest BCUT2D eigenvalue weighted by atomic mass is 16.5. The number of methoxy groups -OCH3 is 1. The van der Waals surface area contributed by atoms with Gasteiger partial charge in [-0.15, -0.1) is 0 Å². The average Bonchev–Trinajstić information content (AvgIpc) is 2.19. The third kappa shape index (κ3) is 2.81. The molecule has 0 spiro atoms. The molecule has 0 saturated heterocycles.